The van der Waals surface area contributed by atoms with Gasteiger partial charge >= 0.3 is 5.97 Å². The fourth-order valence-electron chi connectivity index (χ4n) is 2.78. The monoisotopic (exact) mass is 341 g/mol. The number of hydrogen-bond donors (Lipinski definition) is 1. The van der Waals surface area contributed by atoms with Crippen LogP contribution in [0.15, 0.2) is 12.1 Å². The number of benzene rings is 1. The average molecular weight is 342 g/mol. The maximum Gasteiger partial charge on any atom is 0.346 e. The minimum absolute atomic E-state index is 0.0142. The minimum Gasteiger partial charge on any atom is -0.465 e. The molecule has 1 aromatic carbocycles. The highest BCUT2D eigenvalue weighted by Crippen LogP contribution is 2.38. The summed E-state index contributed by atoms with van der Waals surface area (Å²) in [5.41, 5.74) is 5.08. The first-order valence-electron chi connectivity index (χ1n) is 6.87. The van der Waals surface area contributed by atoms with Crippen LogP contribution < -0.4 is 10.6 Å². The topological polar surface area (TPSA) is 116 Å². The molecule has 1 aliphatic rings. The normalized spacial score (nSPS) is 20.4. The largest absolute Gasteiger partial charge is 0.465 e. The molecular formula is C14H16ClN3O5. The summed E-state index contributed by atoms with van der Waals surface area (Å²) < 4.78 is 4.59. The van der Waals surface area contributed by atoms with E-state index in [1.165, 1.54) is 12.1 Å². The Labute approximate surface area is 137 Å². The van der Waals surface area contributed by atoms with E-state index >= 15 is 0 Å². The fourth-order valence-corrected chi connectivity index (χ4v) is 3.14. The molecular weight excluding hydrogens is 326 g/mol. The lowest BCUT2D eigenvalue weighted by molar-refractivity contribution is -0.385. The lowest BCUT2D eigenvalue weighted by Crippen LogP contribution is -2.29. The van der Waals surface area contributed by atoms with Gasteiger partial charge < -0.3 is 15.4 Å². The van der Waals surface area contributed by atoms with Crippen molar-refractivity contribution in [3.63, 3.8) is 0 Å². The van der Waals surface area contributed by atoms with E-state index in [4.69, 9.17) is 17.3 Å². The zero-order valence-electron chi connectivity index (χ0n) is 12.6. The van der Waals surface area contributed by atoms with E-state index in [2.05, 4.69) is 4.74 Å². The predicted molar refractivity (Wildman–Crippen MR) is 83.5 cm³/mol. The molecule has 0 aromatic heterocycles. The Balaban J connectivity index is 2.47. The smallest absolute Gasteiger partial charge is 0.346 e. The maximum absolute atomic E-state index is 11.9. The molecule has 2 atom stereocenters. The Bertz CT molecular complexity index is 679. The van der Waals surface area contributed by atoms with Gasteiger partial charge in [-0.25, -0.2) is 4.79 Å². The number of rotatable bonds is 4. The van der Waals surface area contributed by atoms with Gasteiger partial charge in [-0.1, -0.05) is 18.5 Å². The number of amides is 1. The number of nitro groups is 1. The van der Waals surface area contributed by atoms with Gasteiger partial charge in [0.1, 0.15) is 0 Å². The first kappa shape index (κ1) is 17.0. The zero-order chi connectivity index (χ0) is 17.3. The summed E-state index contributed by atoms with van der Waals surface area (Å²) in [6.07, 6.45) is 0. The van der Waals surface area contributed by atoms with Gasteiger partial charge in [-0.15, -0.1) is 0 Å². The van der Waals surface area contributed by atoms with E-state index < -0.39 is 22.5 Å². The van der Waals surface area contributed by atoms with Crippen LogP contribution in [-0.2, 0) is 9.53 Å². The van der Waals surface area contributed by atoms with Gasteiger partial charge in [-0.2, -0.15) is 0 Å². The highest BCUT2D eigenvalue weighted by Gasteiger charge is 2.36. The summed E-state index contributed by atoms with van der Waals surface area (Å²) in [4.78, 5) is 35.5. The first-order valence-corrected chi connectivity index (χ1v) is 7.25. The predicted octanol–water partition coefficient (Wildman–Crippen LogP) is 1.59. The van der Waals surface area contributed by atoms with Crippen molar-refractivity contribution in [1.82, 2.24) is 0 Å². The number of nitrogens with two attached hydrogens (primary N) is 1. The van der Waals surface area contributed by atoms with Crippen molar-refractivity contribution in [3.8, 4) is 0 Å². The van der Waals surface area contributed by atoms with Gasteiger partial charge in [-0.05, 0) is 12.0 Å². The Morgan fingerprint density at radius 1 is 1.43 bits per heavy atom. The SMILES string of the molecule is COC(=O)c1c([N+](=O)[O-])ccc(N2C[C@@H](C)[C@H](C(N)=O)C2)c1Cl. The molecule has 0 spiro atoms. The first-order chi connectivity index (χ1) is 10.8. The molecule has 1 heterocycles. The molecule has 1 aliphatic heterocycles. The molecule has 0 bridgehead atoms. The fraction of sp³-hybridized carbons (Fsp3) is 0.429. The molecule has 0 saturated carbocycles. The van der Waals surface area contributed by atoms with Crippen LogP contribution in [0.1, 0.15) is 17.3 Å². The second-order valence-electron chi connectivity index (χ2n) is 5.43. The number of methoxy groups -OCH3 is 1. The number of primary amides is 1. The van der Waals surface area contributed by atoms with E-state index in [0.29, 0.717) is 18.8 Å². The summed E-state index contributed by atoms with van der Waals surface area (Å²) >= 11 is 6.22. The lowest BCUT2D eigenvalue weighted by atomic mass is 9.98. The highest BCUT2D eigenvalue weighted by atomic mass is 35.5. The molecule has 124 valence electrons. The van der Waals surface area contributed by atoms with Crippen molar-refractivity contribution >= 4 is 34.9 Å². The van der Waals surface area contributed by atoms with E-state index in [1.54, 1.807) is 4.90 Å². The third-order valence-corrected chi connectivity index (χ3v) is 4.39. The second-order valence-corrected chi connectivity index (χ2v) is 5.81. The van der Waals surface area contributed by atoms with Crippen LogP contribution in [0.5, 0.6) is 0 Å². The minimum atomic E-state index is -0.887. The van der Waals surface area contributed by atoms with Crippen LogP contribution in [0.2, 0.25) is 5.02 Å². The lowest BCUT2D eigenvalue weighted by Gasteiger charge is -2.20. The molecule has 0 aliphatic carbocycles. The van der Waals surface area contributed by atoms with Crippen molar-refractivity contribution in [2.24, 2.45) is 17.6 Å². The van der Waals surface area contributed by atoms with E-state index in [9.17, 15) is 19.7 Å². The average Bonchev–Trinajstić information content (AvgIpc) is 2.87. The quantitative estimate of drug-likeness (QED) is 0.505. The Kier molecular flexibility index (Phi) is 4.74. The molecule has 0 unspecified atom stereocenters. The number of carbonyl (C=O) groups is 2. The summed E-state index contributed by atoms with van der Waals surface area (Å²) in [6, 6.07) is 2.67. The van der Waals surface area contributed by atoms with Gasteiger partial charge in [0.25, 0.3) is 5.69 Å². The Morgan fingerprint density at radius 3 is 2.57 bits per heavy atom. The van der Waals surface area contributed by atoms with E-state index in [1.807, 2.05) is 6.92 Å². The molecule has 1 aromatic rings. The molecule has 0 radical (unpaired) electrons. The summed E-state index contributed by atoms with van der Waals surface area (Å²) in [6.45, 7) is 2.73. The van der Waals surface area contributed by atoms with Crippen LogP contribution in [-0.4, -0.2) is 37.0 Å². The molecule has 2 N–H and O–H groups in total. The van der Waals surface area contributed by atoms with Crippen LogP contribution in [0.4, 0.5) is 11.4 Å². The van der Waals surface area contributed by atoms with Gasteiger partial charge in [0.05, 0.1) is 28.7 Å². The molecule has 2 rings (SSSR count). The van der Waals surface area contributed by atoms with Crippen molar-refractivity contribution in [1.29, 1.82) is 0 Å². The van der Waals surface area contributed by atoms with Crippen LogP contribution in [0, 0.1) is 22.0 Å². The van der Waals surface area contributed by atoms with Crippen molar-refractivity contribution in [2.75, 3.05) is 25.1 Å². The molecule has 9 heteroatoms. The van der Waals surface area contributed by atoms with Crippen molar-refractivity contribution in [2.45, 2.75) is 6.92 Å². The van der Waals surface area contributed by atoms with Crippen molar-refractivity contribution < 1.29 is 19.2 Å². The third-order valence-electron chi connectivity index (χ3n) is 4.00. The van der Waals surface area contributed by atoms with Crippen LogP contribution in [0.3, 0.4) is 0 Å². The number of anilines is 1. The van der Waals surface area contributed by atoms with Gasteiger partial charge in [-0.3, -0.25) is 14.9 Å². The van der Waals surface area contributed by atoms with Gasteiger partial charge in [0.15, 0.2) is 5.56 Å². The van der Waals surface area contributed by atoms with Crippen LogP contribution >= 0.6 is 11.6 Å². The van der Waals surface area contributed by atoms with Gasteiger partial charge in [0, 0.05) is 19.2 Å². The van der Waals surface area contributed by atoms with E-state index in [0.717, 1.165) is 7.11 Å². The number of esters is 1. The number of hydrogen-bond acceptors (Lipinski definition) is 6. The molecule has 1 amide bonds. The molecule has 1 saturated heterocycles. The Morgan fingerprint density at radius 2 is 2.09 bits per heavy atom. The Hall–Kier alpha value is -2.35. The van der Waals surface area contributed by atoms with E-state index in [-0.39, 0.29) is 22.4 Å². The number of halogens is 1. The summed E-state index contributed by atoms with van der Waals surface area (Å²) in [5.74, 6) is -1.63. The standard InChI is InChI=1S/C14H16ClN3O5/c1-7-5-17(6-8(7)13(16)19)10-4-3-9(18(21)22)11(12(10)15)14(20)23-2/h3-4,7-8H,5-6H2,1-2H3,(H2,16,19)/t7-,8-/m1/s1. The number of ether oxygens (including phenoxy) is 1. The zero-order valence-corrected chi connectivity index (χ0v) is 13.4. The third kappa shape index (κ3) is 3.07. The summed E-state index contributed by atoms with van der Waals surface area (Å²) in [5, 5.41) is 11.0. The second kappa shape index (κ2) is 6.41. The molecule has 1 fully saturated rings. The van der Waals surface area contributed by atoms with Crippen molar-refractivity contribution in [3.05, 3.63) is 32.8 Å². The number of carbonyl (C=O) groups excluding carboxylic acids is 2. The van der Waals surface area contributed by atoms with Gasteiger partial charge in [0.2, 0.25) is 5.91 Å². The number of nitro benzene ring substituents is 1. The van der Waals surface area contributed by atoms with Crippen LogP contribution in [0.25, 0.3) is 0 Å². The molecule has 8 nitrogen and oxygen atoms in total. The number of nitrogens with zero attached hydrogens (tertiary/aromatic N) is 2. The maximum atomic E-state index is 11.9. The highest BCUT2D eigenvalue weighted by molar-refractivity contribution is 6.36. The molecule has 23 heavy (non-hydrogen) atoms. The summed E-state index contributed by atoms with van der Waals surface area (Å²) in [7, 11) is 1.12.